The Hall–Kier alpha value is -2.47. The highest BCUT2D eigenvalue weighted by molar-refractivity contribution is 7.99. The van der Waals surface area contributed by atoms with E-state index in [4.69, 9.17) is 4.74 Å². The van der Waals surface area contributed by atoms with Gasteiger partial charge in [-0.25, -0.2) is 0 Å². The lowest BCUT2D eigenvalue weighted by atomic mass is 9.78. The Kier molecular flexibility index (Phi) is 6.86. The van der Waals surface area contributed by atoms with E-state index in [1.54, 1.807) is 11.8 Å². The van der Waals surface area contributed by atoms with E-state index in [-0.39, 0.29) is 30.9 Å². The van der Waals surface area contributed by atoms with Crippen LogP contribution in [0.3, 0.4) is 0 Å². The second-order valence-electron chi connectivity index (χ2n) is 8.54. The molecule has 1 saturated carbocycles. The number of ether oxygens (including phenoxy) is 1. The van der Waals surface area contributed by atoms with Crippen molar-refractivity contribution in [3.8, 4) is 0 Å². The minimum absolute atomic E-state index is 0.175. The van der Waals surface area contributed by atoms with Gasteiger partial charge in [-0.2, -0.15) is 0 Å². The molecule has 1 aliphatic carbocycles. The third-order valence-corrected chi connectivity index (χ3v) is 7.62. The number of benzene rings is 2. The first-order valence-electron chi connectivity index (χ1n) is 11.1. The van der Waals surface area contributed by atoms with Crippen LogP contribution in [-0.2, 0) is 14.3 Å². The normalized spacial score (nSPS) is 22.3. The van der Waals surface area contributed by atoms with E-state index < -0.39 is 0 Å². The second kappa shape index (κ2) is 9.77. The molecule has 1 heterocycles. The molecule has 31 heavy (non-hydrogen) atoms. The summed E-state index contributed by atoms with van der Waals surface area (Å²) >= 11 is 1.74. The maximum absolute atomic E-state index is 12.4. The van der Waals surface area contributed by atoms with E-state index >= 15 is 0 Å². The zero-order valence-electron chi connectivity index (χ0n) is 18.2. The molecule has 4 rings (SSSR count). The number of para-hydroxylation sites is 2. The molecular weight excluding hydrogens is 408 g/mol. The second-order valence-corrected chi connectivity index (χ2v) is 9.62. The van der Waals surface area contributed by atoms with Crippen LogP contribution in [-0.4, -0.2) is 31.1 Å². The number of carbonyl (C=O) groups is 2. The van der Waals surface area contributed by atoms with Crippen molar-refractivity contribution >= 4 is 35.0 Å². The van der Waals surface area contributed by atoms with Gasteiger partial charge in [0.2, 0.25) is 0 Å². The van der Waals surface area contributed by atoms with Gasteiger partial charge in [-0.15, -0.1) is 0 Å². The number of hydrogen-bond donors (Lipinski definition) is 1. The fourth-order valence-corrected chi connectivity index (χ4v) is 5.57. The third kappa shape index (κ3) is 5.06. The molecular formula is C25H30N2O3S. The summed E-state index contributed by atoms with van der Waals surface area (Å²) in [6.45, 7) is 4.72. The molecule has 164 valence electrons. The molecule has 1 fully saturated rings. The average Bonchev–Trinajstić information content (AvgIpc) is 2.78. The van der Waals surface area contributed by atoms with Gasteiger partial charge in [0.15, 0.2) is 6.61 Å². The van der Waals surface area contributed by atoms with Gasteiger partial charge in [0.05, 0.1) is 17.8 Å². The van der Waals surface area contributed by atoms with Crippen molar-refractivity contribution in [2.45, 2.75) is 55.4 Å². The Morgan fingerprint density at radius 2 is 1.68 bits per heavy atom. The summed E-state index contributed by atoms with van der Waals surface area (Å²) in [5.74, 6) is 0.498. The van der Waals surface area contributed by atoms with Gasteiger partial charge in [-0.1, -0.05) is 62.7 Å². The smallest absolute Gasteiger partial charge is 0.308 e. The lowest BCUT2D eigenvalue weighted by Gasteiger charge is -2.34. The minimum Gasteiger partial charge on any atom is -0.456 e. The van der Waals surface area contributed by atoms with E-state index in [2.05, 4.69) is 48.3 Å². The summed E-state index contributed by atoms with van der Waals surface area (Å²) in [6, 6.07) is 16.6. The van der Waals surface area contributed by atoms with E-state index in [1.807, 2.05) is 24.3 Å². The van der Waals surface area contributed by atoms with E-state index in [1.165, 1.54) is 16.2 Å². The first kappa shape index (κ1) is 21.8. The highest BCUT2D eigenvalue weighted by Crippen LogP contribution is 2.47. The molecule has 0 saturated heterocycles. The van der Waals surface area contributed by atoms with Crippen molar-refractivity contribution < 1.29 is 14.3 Å². The van der Waals surface area contributed by atoms with Crippen LogP contribution in [0.2, 0.25) is 0 Å². The standard InChI is InChI=1S/C25H30N2O3S/c1-17-8-7-9-19(18(17)2)26-24(28)16-30-25(29)14-15-27-20-10-3-5-12-22(20)31-23-13-6-4-11-21(23)27/h3-6,10-13,17-19H,7-9,14-16H2,1-2H3,(H,26,28)/t17-,18-,19-/m1/s1. The molecule has 6 heteroatoms. The van der Waals surface area contributed by atoms with Crippen LogP contribution in [0.1, 0.15) is 39.5 Å². The first-order valence-corrected chi connectivity index (χ1v) is 11.9. The number of hydrogen-bond acceptors (Lipinski definition) is 5. The number of nitrogens with zero attached hydrogens (tertiary/aromatic N) is 1. The fourth-order valence-electron chi connectivity index (χ4n) is 4.48. The summed E-state index contributed by atoms with van der Waals surface area (Å²) in [7, 11) is 0. The van der Waals surface area contributed by atoms with Crippen LogP contribution in [0.5, 0.6) is 0 Å². The van der Waals surface area contributed by atoms with E-state index in [0.717, 1.165) is 24.2 Å². The monoisotopic (exact) mass is 438 g/mol. The van der Waals surface area contributed by atoms with Crippen molar-refractivity contribution in [3.63, 3.8) is 0 Å². The van der Waals surface area contributed by atoms with E-state index in [9.17, 15) is 9.59 Å². The van der Waals surface area contributed by atoms with Gasteiger partial charge in [0.1, 0.15) is 0 Å². The van der Waals surface area contributed by atoms with Crippen LogP contribution >= 0.6 is 11.8 Å². The molecule has 2 aromatic rings. The lowest BCUT2D eigenvalue weighted by Crippen LogP contribution is -2.45. The fraction of sp³-hybridized carbons (Fsp3) is 0.440. The molecule has 0 bridgehead atoms. The molecule has 1 amide bonds. The van der Waals surface area contributed by atoms with Gasteiger partial charge in [-0.3, -0.25) is 9.59 Å². The Labute approximate surface area is 188 Å². The zero-order valence-corrected chi connectivity index (χ0v) is 19.0. The minimum atomic E-state index is -0.353. The Balaban J connectivity index is 1.31. The summed E-state index contributed by atoms with van der Waals surface area (Å²) in [6.07, 6.45) is 3.56. The lowest BCUT2D eigenvalue weighted by molar-refractivity contribution is -0.148. The van der Waals surface area contributed by atoms with Crippen LogP contribution in [0.15, 0.2) is 58.3 Å². The third-order valence-electron chi connectivity index (χ3n) is 6.49. The Morgan fingerprint density at radius 1 is 1.03 bits per heavy atom. The van der Waals surface area contributed by atoms with Gasteiger partial charge in [0.25, 0.3) is 5.91 Å². The van der Waals surface area contributed by atoms with Crippen LogP contribution in [0.4, 0.5) is 11.4 Å². The average molecular weight is 439 g/mol. The van der Waals surface area contributed by atoms with E-state index in [0.29, 0.717) is 18.4 Å². The summed E-state index contributed by atoms with van der Waals surface area (Å²) < 4.78 is 5.29. The van der Waals surface area contributed by atoms with Crippen molar-refractivity contribution in [1.82, 2.24) is 5.32 Å². The highest BCUT2D eigenvalue weighted by atomic mass is 32.2. The number of esters is 1. The van der Waals surface area contributed by atoms with Crippen LogP contribution in [0, 0.1) is 11.8 Å². The van der Waals surface area contributed by atoms with Crippen molar-refractivity contribution in [2.75, 3.05) is 18.1 Å². The van der Waals surface area contributed by atoms with Gasteiger partial charge < -0.3 is 15.0 Å². The molecule has 1 aliphatic heterocycles. The number of fused-ring (bicyclic) bond motifs is 2. The number of nitrogens with one attached hydrogen (secondary N) is 1. The van der Waals surface area contributed by atoms with Gasteiger partial charge >= 0.3 is 5.97 Å². The van der Waals surface area contributed by atoms with Gasteiger partial charge in [0, 0.05) is 22.4 Å². The maximum Gasteiger partial charge on any atom is 0.308 e. The SMILES string of the molecule is C[C@@H]1[C@H](C)CCC[C@H]1NC(=O)COC(=O)CCN1c2ccccc2Sc2ccccc21. The summed E-state index contributed by atoms with van der Waals surface area (Å²) in [4.78, 5) is 29.2. The Bertz CT molecular complexity index is 902. The molecule has 0 aromatic heterocycles. The number of carbonyl (C=O) groups excluding carboxylic acids is 2. The highest BCUT2D eigenvalue weighted by Gasteiger charge is 2.28. The number of anilines is 2. The molecule has 0 radical (unpaired) electrons. The topological polar surface area (TPSA) is 58.6 Å². The molecule has 0 unspecified atom stereocenters. The van der Waals surface area contributed by atoms with Crippen LogP contribution < -0.4 is 10.2 Å². The van der Waals surface area contributed by atoms with Crippen molar-refractivity contribution in [1.29, 1.82) is 0 Å². The molecule has 5 nitrogen and oxygen atoms in total. The van der Waals surface area contributed by atoms with Crippen LogP contribution in [0.25, 0.3) is 0 Å². The molecule has 2 aromatic carbocycles. The number of rotatable bonds is 6. The predicted molar refractivity (Wildman–Crippen MR) is 124 cm³/mol. The first-order chi connectivity index (χ1) is 15.0. The molecule has 0 spiro atoms. The molecule has 1 N–H and O–H groups in total. The Morgan fingerprint density at radius 3 is 2.35 bits per heavy atom. The predicted octanol–water partition coefficient (Wildman–Crippen LogP) is 5.16. The summed E-state index contributed by atoms with van der Waals surface area (Å²) in [5, 5.41) is 3.06. The molecule has 2 aliphatic rings. The zero-order chi connectivity index (χ0) is 21.8. The number of amides is 1. The maximum atomic E-state index is 12.4. The quantitative estimate of drug-likeness (QED) is 0.631. The van der Waals surface area contributed by atoms with Crippen molar-refractivity contribution in [3.05, 3.63) is 48.5 Å². The summed E-state index contributed by atoms with van der Waals surface area (Å²) in [5.41, 5.74) is 2.19. The molecule has 3 atom stereocenters. The van der Waals surface area contributed by atoms with Crippen molar-refractivity contribution in [2.24, 2.45) is 11.8 Å². The largest absolute Gasteiger partial charge is 0.456 e. The van der Waals surface area contributed by atoms with Gasteiger partial charge in [-0.05, 0) is 42.5 Å².